The maximum Gasteiger partial charge on any atom is 0.227 e. The minimum Gasteiger partial charge on any atom is -0.485 e. The molecule has 1 unspecified atom stereocenters. The van der Waals surface area contributed by atoms with Gasteiger partial charge in [-0.15, -0.1) is 0 Å². The van der Waals surface area contributed by atoms with Crippen molar-refractivity contribution >= 4 is 16.7 Å². The smallest absolute Gasteiger partial charge is 0.227 e. The fourth-order valence-corrected chi connectivity index (χ4v) is 3.59. The van der Waals surface area contributed by atoms with Crippen LogP contribution in [-0.4, -0.2) is 52.2 Å². The van der Waals surface area contributed by atoms with Crippen molar-refractivity contribution in [1.82, 2.24) is 20.0 Å². The lowest BCUT2D eigenvalue weighted by Crippen LogP contribution is -2.37. The third-order valence-electron chi connectivity index (χ3n) is 5.12. The molecule has 0 bridgehead atoms. The number of methoxy groups -OCH3 is 1. The van der Waals surface area contributed by atoms with Crippen LogP contribution in [0.3, 0.4) is 0 Å². The highest BCUT2D eigenvalue weighted by molar-refractivity contribution is 6.09. The number of aromatic amines is 1. The topological polar surface area (TPSA) is 91.3 Å². The van der Waals surface area contributed by atoms with Gasteiger partial charge in [-0.1, -0.05) is 18.2 Å². The number of ether oxygens (including phenoxy) is 3. The number of aromatic nitrogens is 4. The number of hydrogen-bond donors (Lipinski definition) is 1. The summed E-state index contributed by atoms with van der Waals surface area (Å²) < 4.78 is 18.6. The molecule has 0 spiro atoms. The zero-order valence-corrected chi connectivity index (χ0v) is 16.4. The first-order valence-corrected chi connectivity index (χ1v) is 9.66. The summed E-state index contributed by atoms with van der Waals surface area (Å²) in [6.45, 7) is 1.16. The van der Waals surface area contributed by atoms with Crippen molar-refractivity contribution in [3.05, 3.63) is 60.6 Å². The normalized spacial score (nSPS) is 15.4. The summed E-state index contributed by atoms with van der Waals surface area (Å²) in [6.07, 6.45) is 2.84. The fraction of sp³-hybridized carbons (Fsp3) is 0.227. The molecule has 2 aromatic heterocycles. The van der Waals surface area contributed by atoms with Crippen molar-refractivity contribution in [3.63, 3.8) is 0 Å². The molecule has 2 aromatic carbocycles. The van der Waals surface area contributed by atoms with Gasteiger partial charge in [0, 0.05) is 24.3 Å². The quantitative estimate of drug-likeness (QED) is 0.497. The van der Waals surface area contributed by atoms with E-state index in [4.69, 9.17) is 14.2 Å². The summed E-state index contributed by atoms with van der Waals surface area (Å²) in [5.74, 6) is 0.996. The van der Waals surface area contributed by atoms with Gasteiger partial charge in [0.2, 0.25) is 5.78 Å². The lowest BCUT2D eigenvalue weighted by molar-refractivity contribution is 0.0581. The Morgan fingerprint density at radius 3 is 2.90 bits per heavy atom. The Hall–Kier alpha value is -3.65. The van der Waals surface area contributed by atoms with E-state index >= 15 is 0 Å². The van der Waals surface area contributed by atoms with E-state index in [0.717, 1.165) is 22.0 Å². The van der Waals surface area contributed by atoms with Crippen LogP contribution in [0.25, 0.3) is 22.0 Å². The minimum absolute atomic E-state index is 0.148. The van der Waals surface area contributed by atoms with Crippen LogP contribution in [0.4, 0.5) is 0 Å². The first-order chi connectivity index (χ1) is 14.7. The summed E-state index contributed by atoms with van der Waals surface area (Å²) in [4.78, 5) is 13.3. The van der Waals surface area contributed by atoms with Gasteiger partial charge < -0.3 is 14.2 Å². The molecule has 8 heteroatoms. The van der Waals surface area contributed by atoms with E-state index in [1.165, 1.54) is 0 Å². The van der Waals surface area contributed by atoms with Crippen molar-refractivity contribution in [2.45, 2.75) is 12.6 Å². The van der Waals surface area contributed by atoms with Crippen molar-refractivity contribution in [2.75, 3.05) is 20.3 Å². The molecule has 0 aliphatic carbocycles. The number of ketones is 1. The lowest BCUT2D eigenvalue weighted by Gasteiger charge is -2.24. The van der Waals surface area contributed by atoms with Crippen LogP contribution in [0.5, 0.6) is 11.5 Å². The summed E-state index contributed by atoms with van der Waals surface area (Å²) in [7, 11) is 1.64. The highest BCUT2D eigenvalue weighted by Crippen LogP contribution is 2.33. The number of Topliss-reactive ketones (excluding diaryl/α,β-unsaturated/α-hetero) is 1. The van der Waals surface area contributed by atoms with E-state index in [2.05, 4.69) is 15.3 Å². The third kappa shape index (κ3) is 3.21. The Kier molecular flexibility index (Phi) is 4.68. The van der Waals surface area contributed by atoms with E-state index in [-0.39, 0.29) is 12.4 Å². The first-order valence-electron chi connectivity index (χ1n) is 9.66. The molecule has 1 atom stereocenters. The molecule has 1 aliphatic heterocycles. The maximum atomic E-state index is 13.3. The van der Waals surface area contributed by atoms with Gasteiger partial charge >= 0.3 is 0 Å². The Labute approximate surface area is 172 Å². The second kappa shape index (κ2) is 7.64. The number of hydrogen-bond acceptors (Lipinski definition) is 6. The highest BCUT2D eigenvalue weighted by Gasteiger charge is 2.31. The molecule has 0 saturated carbocycles. The number of nitrogens with zero attached hydrogens (tertiary/aromatic N) is 3. The van der Waals surface area contributed by atoms with Gasteiger partial charge in [-0.2, -0.15) is 10.2 Å². The minimum atomic E-state index is -0.748. The predicted octanol–water partition coefficient (Wildman–Crippen LogP) is 3.10. The van der Waals surface area contributed by atoms with Crippen LogP contribution >= 0.6 is 0 Å². The number of nitrogens with one attached hydrogen (secondary N) is 1. The van der Waals surface area contributed by atoms with Gasteiger partial charge in [0.1, 0.15) is 12.3 Å². The maximum absolute atomic E-state index is 13.3. The third-order valence-corrected chi connectivity index (χ3v) is 5.12. The van der Waals surface area contributed by atoms with Crippen LogP contribution in [0.2, 0.25) is 0 Å². The molecule has 30 heavy (non-hydrogen) atoms. The summed E-state index contributed by atoms with van der Waals surface area (Å²) in [5, 5.41) is 12.2. The lowest BCUT2D eigenvalue weighted by atomic mass is 10.0. The molecular weight excluding hydrogens is 384 g/mol. The van der Waals surface area contributed by atoms with Crippen LogP contribution in [0, 0.1) is 0 Å². The average molecular weight is 404 g/mol. The van der Waals surface area contributed by atoms with Gasteiger partial charge in [-0.25, -0.2) is 0 Å². The first kappa shape index (κ1) is 18.4. The fourth-order valence-electron chi connectivity index (χ4n) is 3.59. The largest absolute Gasteiger partial charge is 0.485 e. The monoisotopic (exact) mass is 404 g/mol. The van der Waals surface area contributed by atoms with E-state index in [9.17, 15) is 4.79 Å². The summed E-state index contributed by atoms with van der Waals surface area (Å²) in [5.41, 5.74) is 3.17. The Morgan fingerprint density at radius 2 is 2.10 bits per heavy atom. The number of carbonyl (C=O) groups is 1. The number of benzene rings is 2. The molecule has 0 fully saturated rings. The van der Waals surface area contributed by atoms with Crippen molar-refractivity contribution < 1.29 is 19.0 Å². The van der Waals surface area contributed by atoms with Crippen LogP contribution in [0.1, 0.15) is 10.5 Å². The number of para-hydroxylation sites is 2. The molecule has 1 aliphatic rings. The second-order valence-electron chi connectivity index (χ2n) is 7.01. The molecule has 152 valence electrons. The molecule has 0 amide bonds. The molecule has 8 nitrogen and oxygen atoms in total. The molecule has 4 aromatic rings. The Balaban J connectivity index is 1.53. The van der Waals surface area contributed by atoms with Crippen molar-refractivity contribution in [1.29, 1.82) is 0 Å². The van der Waals surface area contributed by atoms with Gasteiger partial charge in [0.05, 0.1) is 24.9 Å². The van der Waals surface area contributed by atoms with Crippen LogP contribution in [0.15, 0.2) is 54.9 Å². The molecule has 3 heterocycles. The molecular formula is C22H20N4O4. The van der Waals surface area contributed by atoms with E-state index in [0.29, 0.717) is 30.3 Å². The zero-order valence-electron chi connectivity index (χ0n) is 16.4. The number of H-pyrrole nitrogens is 1. The standard InChI is InChI=1S/C22H20N4O4/c1-28-9-8-26-17-10-14(15-11-23-24-12-15)6-7-16(17)21(25-26)22(27)20-13-29-18-4-2-3-5-19(18)30-20/h2-7,10-12,20H,8-9,13H2,1H3,(H,23,24). The highest BCUT2D eigenvalue weighted by atomic mass is 16.6. The van der Waals surface area contributed by atoms with Crippen molar-refractivity contribution in [2.24, 2.45) is 0 Å². The second-order valence-corrected chi connectivity index (χ2v) is 7.01. The van der Waals surface area contributed by atoms with Gasteiger partial charge in [-0.05, 0) is 29.8 Å². The van der Waals surface area contributed by atoms with Gasteiger partial charge in [0.15, 0.2) is 17.6 Å². The molecule has 5 rings (SSSR count). The van der Waals surface area contributed by atoms with Crippen molar-refractivity contribution in [3.8, 4) is 22.6 Å². The predicted molar refractivity (Wildman–Crippen MR) is 110 cm³/mol. The SMILES string of the molecule is COCCn1nc(C(=O)C2COc3ccccc3O2)c2ccc(-c3cn[nH]c3)cc21. The number of carbonyl (C=O) groups excluding carboxylic acids is 1. The average Bonchev–Trinajstić information content (AvgIpc) is 3.45. The Bertz CT molecular complexity index is 1200. The Morgan fingerprint density at radius 1 is 1.23 bits per heavy atom. The zero-order chi connectivity index (χ0) is 20.5. The van der Waals surface area contributed by atoms with Gasteiger partial charge in [-0.3, -0.25) is 14.6 Å². The van der Waals surface area contributed by atoms with Gasteiger partial charge in [0.25, 0.3) is 0 Å². The molecule has 0 radical (unpaired) electrons. The molecule has 1 N–H and O–H groups in total. The van der Waals surface area contributed by atoms with Crippen LogP contribution in [-0.2, 0) is 11.3 Å². The summed E-state index contributed by atoms with van der Waals surface area (Å²) >= 11 is 0. The summed E-state index contributed by atoms with van der Waals surface area (Å²) in [6, 6.07) is 13.2. The van der Waals surface area contributed by atoms with E-state index < -0.39 is 6.10 Å². The van der Waals surface area contributed by atoms with E-state index in [1.807, 2.05) is 42.6 Å². The number of rotatable bonds is 6. The number of fused-ring (bicyclic) bond motifs is 2. The molecule has 0 saturated heterocycles. The van der Waals surface area contributed by atoms with Crippen LogP contribution < -0.4 is 9.47 Å². The van der Waals surface area contributed by atoms with E-state index in [1.54, 1.807) is 24.1 Å².